The van der Waals surface area contributed by atoms with Crippen molar-refractivity contribution in [1.82, 2.24) is 15.1 Å². The number of methoxy groups -OCH3 is 1. The molecule has 1 aromatic heterocycles. The van der Waals surface area contributed by atoms with E-state index in [1.54, 1.807) is 18.4 Å². The van der Waals surface area contributed by atoms with E-state index in [1.807, 2.05) is 22.4 Å². The van der Waals surface area contributed by atoms with Crippen molar-refractivity contribution in [3.05, 3.63) is 22.4 Å². The molecule has 1 N–H and O–H groups in total. The van der Waals surface area contributed by atoms with Crippen molar-refractivity contribution >= 4 is 23.2 Å². The fraction of sp³-hybridized carbons (Fsp3) is 0.647. The maximum atomic E-state index is 12.6. The van der Waals surface area contributed by atoms with Crippen LogP contribution in [0.25, 0.3) is 0 Å². The number of carbonyl (C=O) groups is 2. The second-order valence-corrected chi connectivity index (χ2v) is 7.53. The van der Waals surface area contributed by atoms with Gasteiger partial charge in [-0.15, -0.1) is 11.3 Å². The molecule has 0 saturated carbocycles. The SMILES string of the molecule is COCCN1C(=O)[C@@H]2CC[C@H]1CN(CC(=O)NCc1cccs1)C2. The van der Waals surface area contributed by atoms with Gasteiger partial charge in [0.2, 0.25) is 11.8 Å². The van der Waals surface area contributed by atoms with Crippen molar-refractivity contribution in [2.24, 2.45) is 5.92 Å². The van der Waals surface area contributed by atoms with Gasteiger partial charge in [-0.25, -0.2) is 0 Å². The Bertz CT molecular complexity index is 563. The highest BCUT2D eigenvalue weighted by Gasteiger charge is 2.40. The van der Waals surface area contributed by atoms with E-state index in [4.69, 9.17) is 4.74 Å². The Kier molecular flexibility index (Phi) is 5.86. The summed E-state index contributed by atoms with van der Waals surface area (Å²) in [5.74, 6) is 0.274. The number of carbonyl (C=O) groups excluding carboxylic acids is 2. The Balaban J connectivity index is 1.54. The zero-order valence-electron chi connectivity index (χ0n) is 14.1. The highest BCUT2D eigenvalue weighted by atomic mass is 32.1. The number of hydrogen-bond acceptors (Lipinski definition) is 5. The van der Waals surface area contributed by atoms with Crippen LogP contribution in [0.5, 0.6) is 0 Å². The molecule has 1 aromatic rings. The van der Waals surface area contributed by atoms with Gasteiger partial charge in [-0.1, -0.05) is 6.07 Å². The van der Waals surface area contributed by atoms with Crippen LogP contribution in [0.1, 0.15) is 17.7 Å². The van der Waals surface area contributed by atoms with Gasteiger partial charge in [0, 0.05) is 37.7 Å². The Labute approximate surface area is 146 Å². The van der Waals surface area contributed by atoms with E-state index in [2.05, 4.69) is 10.2 Å². The van der Waals surface area contributed by atoms with Crippen LogP contribution >= 0.6 is 11.3 Å². The summed E-state index contributed by atoms with van der Waals surface area (Å²) < 4.78 is 5.13. The van der Waals surface area contributed by atoms with Gasteiger partial charge in [0.25, 0.3) is 0 Å². The van der Waals surface area contributed by atoms with Crippen LogP contribution in [0.3, 0.4) is 0 Å². The van der Waals surface area contributed by atoms with Gasteiger partial charge in [-0.3, -0.25) is 14.5 Å². The van der Waals surface area contributed by atoms with Crippen molar-refractivity contribution in [3.8, 4) is 0 Å². The molecule has 24 heavy (non-hydrogen) atoms. The normalized spacial score (nSPS) is 24.2. The third-order valence-corrected chi connectivity index (χ3v) is 5.69. The summed E-state index contributed by atoms with van der Waals surface area (Å²) in [7, 11) is 1.66. The van der Waals surface area contributed by atoms with Gasteiger partial charge >= 0.3 is 0 Å². The van der Waals surface area contributed by atoms with Gasteiger partial charge in [0.05, 0.1) is 25.6 Å². The lowest BCUT2D eigenvalue weighted by atomic mass is 9.94. The number of fused-ring (bicyclic) bond motifs is 4. The summed E-state index contributed by atoms with van der Waals surface area (Å²) in [6.07, 6.45) is 1.95. The van der Waals surface area contributed by atoms with Crippen molar-refractivity contribution < 1.29 is 14.3 Å². The molecule has 0 aromatic carbocycles. The average molecular weight is 351 g/mol. The number of piperidine rings is 1. The fourth-order valence-corrected chi connectivity index (χ4v) is 4.24. The van der Waals surface area contributed by atoms with Crippen LogP contribution in [0, 0.1) is 5.92 Å². The van der Waals surface area contributed by atoms with Gasteiger partial charge in [-0.2, -0.15) is 0 Å². The minimum absolute atomic E-state index is 0.0192. The molecule has 2 amide bonds. The van der Waals surface area contributed by atoms with E-state index in [9.17, 15) is 9.59 Å². The molecule has 3 aliphatic rings. The lowest BCUT2D eigenvalue weighted by Gasteiger charge is -2.35. The molecule has 2 bridgehead atoms. The molecule has 0 spiro atoms. The van der Waals surface area contributed by atoms with E-state index >= 15 is 0 Å². The van der Waals surface area contributed by atoms with E-state index in [-0.39, 0.29) is 23.8 Å². The van der Waals surface area contributed by atoms with Crippen molar-refractivity contribution in [1.29, 1.82) is 0 Å². The second-order valence-electron chi connectivity index (χ2n) is 6.50. The van der Waals surface area contributed by atoms with Crippen LogP contribution in [0.2, 0.25) is 0 Å². The minimum atomic E-state index is 0.0192. The minimum Gasteiger partial charge on any atom is -0.383 e. The number of thiophene rings is 1. The standard InChI is InChI=1S/C17H25N3O3S/c1-23-7-6-20-14-5-4-13(17(20)22)10-19(11-14)12-16(21)18-9-15-3-2-8-24-15/h2-3,8,13-14H,4-7,9-12H2,1H3,(H,18,21)/t13-,14+/m1/s1. The van der Waals surface area contributed by atoms with E-state index < -0.39 is 0 Å². The first kappa shape index (κ1) is 17.4. The highest BCUT2D eigenvalue weighted by Crippen LogP contribution is 2.28. The molecule has 4 rings (SSSR count). The molecule has 4 heterocycles. The molecule has 3 aliphatic heterocycles. The van der Waals surface area contributed by atoms with Crippen LogP contribution in [0.15, 0.2) is 17.5 Å². The molecule has 0 radical (unpaired) electrons. The summed E-state index contributed by atoms with van der Waals surface area (Å²) in [5, 5.41) is 4.98. The summed E-state index contributed by atoms with van der Waals surface area (Å²) in [5.41, 5.74) is 0. The molecular weight excluding hydrogens is 326 g/mol. The molecule has 132 valence electrons. The molecule has 0 unspecified atom stereocenters. The quantitative estimate of drug-likeness (QED) is 0.794. The van der Waals surface area contributed by atoms with Gasteiger partial charge < -0.3 is 15.0 Å². The zero-order valence-corrected chi connectivity index (χ0v) is 14.9. The first-order chi connectivity index (χ1) is 11.7. The maximum Gasteiger partial charge on any atom is 0.234 e. The summed E-state index contributed by atoms with van der Waals surface area (Å²) in [6, 6.07) is 4.21. The first-order valence-electron chi connectivity index (χ1n) is 8.48. The van der Waals surface area contributed by atoms with Crippen LogP contribution < -0.4 is 5.32 Å². The number of amides is 2. The third-order valence-electron chi connectivity index (χ3n) is 4.81. The van der Waals surface area contributed by atoms with Crippen molar-refractivity contribution in [2.75, 3.05) is 39.9 Å². The van der Waals surface area contributed by atoms with Crippen molar-refractivity contribution in [3.63, 3.8) is 0 Å². The Hall–Kier alpha value is -1.44. The molecule has 3 fully saturated rings. The van der Waals surface area contributed by atoms with E-state index in [0.29, 0.717) is 32.8 Å². The number of ether oxygens (including phenoxy) is 1. The largest absolute Gasteiger partial charge is 0.383 e. The van der Waals surface area contributed by atoms with Gasteiger partial charge in [-0.05, 0) is 24.3 Å². The Morgan fingerprint density at radius 1 is 1.42 bits per heavy atom. The van der Waals surface area contributed by atoms with E-state index in [0.717, 1.165) is 24.3 Å². The molecule has 6 nitrogen and oxygen atoms in total. The number of nitrogens with zero attached hydrogens (tertiary/aromatic N) is 2. The molecule has 0 aliphatic carbocycles. The lowest BCUT2D eigenvalue weighted by molar-refractivity contribution is -0.140. The van der Waals surface area contributed by atoms with Crippen LogP contribution in [-0.2, 0) is 20.9 Å². The van der Waals surface area contributed by atoms with Crippen LogP contribution in [0.4, 0.5) is 0 Å². The fourth-order valence-electron chi connectivity index (χ4n) is 3.60. The van der Waals surface area contributed by atoms with Gasteiger partial charge in [0.1, 0.15) is 0 Å². The lowest BCUT2D eigenvalue weighted by Crippen LogP contribution is -2.49. The molecule has 7 heteroatoms. The Morgan fingerprint density at radius 3 is 3.04 bits per heavy atom. The zero-order chi connectivity index (χ0) is 16.9. The van der Waals surface area contributed by atoms with E-state index in [1.165, 1.54) is 0 Å². The molecular formula is C17H25N3O3S. The number of hydrogen-bond donors (Lipinski definition) is 1. The second kappa shape index (κ2) is 8.09. The summed E-state index contributed by atoms with van der Waals surface area (Å²) >= 11 is 1.64. The predicted molar refractivity (Wildman–Crippen MR) is 92.7 cm³/mol. The predicted octanol–water partition coefficient (Wildman–Crippen LogP) is 0.933. The smallest absolute Gasteiger partial charge is 0.234 e. The topological polar surface area (TPSA) is 61.9 Å². The maximum absolute atomic E-state index is 12.6. The summed E-state index contributed by atoms with van der Waals surface area (Å²) in [4.78, 5) is 30.0. The van der Waals surface area contributed by atoms with Crippen molar-refractivity contribution in [2.45, 2.75) is 25.4 Å². The Morgan fingerprint density at radius 2 is 2.29 bits per heavy atom. The highest BCUT2D eigenvalue weighted by molar-refractivity contribution is 7.09. The molecule has 2 atom stereocenters. The van der Waals surface area contributed by atoms with Gasteiger partial charge in [0.15, 0.2) is 0 Å². The summed E-state index contributed by atoms with van der Waals surface area (Å²) in [6.45, 7) is 3.62. The monoisotopic (exact) mass is 351 g/mol. The first-order valence-corrected chi connectivity index (χ1v) is 9.36. The van der Waals surface area contributed by atoms with Crippen LogP contribution in [-0.4, -0.2) is 67.6 Å². The molecule has 3 saturated heterocycles. The average Bonchev–Trinajstić information content (AvgIpc) is 2.96. The number of rotatable bonds is 7. The number of nitrogens with one attached hydrogen (secondary N) is 1. The third kappa shape index (κ3) is 4.15.